The maximum Gasteiger partial charge on any atom is 0.191 e. The van der Waals surface area contributed by atoms with Crippen LogP contribution in [0.2, 0.25) is 0 Å². The van der Waals surface area contributed by atoms with Crippen LogP contribution in [-0.4, -0.2) is 30.5 Å². The topological polar surface area (TPSA) is 41.6 Å². The second kappa shape index (κ2) is 3.69. The lowest BCUT2D eigenvalue weighted by atomic mass is 9.93. The molecular formula is C12H23N3. The summed E-state index contributed by atoms with van der Waals surface area (Å²) in [6.07, 6.45) is 5.22. The molecular weight excluding hydrogens is 186 g/mol. The molecule has 2 fully saturated rings. The fourth-order valence-electron chi connectivity index (χ4n) is 2.08. The highest BCUT2D eigenvalue weighted by molar-refractivity contribution is 5.78. The minimum Gasteiger partial charge on any atom is -0.370 e. The van der Waals surface area contributed by atoms with E-state index >= 15 is 0 Å². The Kier molecular flexibility index (Phi) is 2.65. The molecule has 0 atom stereocenters. The Balaban J connectivity index is 1.87. The van der Waals surface area contributed by atoms with E-state index in [1.807, 2.05) is 0 Å². The van der Waals surface area contributed by atoms with Gasteiger partial charge in [-0.2, -0.15) is 0 Å². The van der Waals surface area contributed by atoms with Gasteiger partial charge in [-0.1, -0.05) is 13.8 Å². The van der Waals surface area contributed by atoms with Crippen LogP contribution in [0, 0.1) is 11.3 Å². The molecule has 0 heterocycles. The zero-order valence-electron chi connectivity index (χ0n) is 10.2. The van der Waals surface area contributed by atoms with Gasteiger partial charge >= 0.3 is 0 Å². The first-order valence-corrected chi connectivity index (χ1v) is 6.08. The monoisotopic (exact) mass is 209 g/mol. The standard InChI is InChI=1S/C12H23N3/c1-9(2)12(6-7-12)8-14-11(13)15(3)10-4-5-10/h9-10H,4-8H2,1-3H3,(H2,13,14). The average molecular weight is 209 g/mol. The molecule has 0 radical (unpaired) electrons. The third-order valence-corrected chi connectivity index (χ3v) is 4.13. The summed E-state index contributed by atoms with van der Waals surface area (Å²) in [5.41, 5.74) is 6.45. The SMILES string of the molecule is CC(C)C1(CN=C(N)N(C)C2CC2)CC1. The average Bonchev–Trinajstić information content (AvgIpc) is 3.02. The molecule has 0 aromatic carbocycles. The first-order valence-electron chi connectivity index (χ1n) is 6.08. The Morgan fingerprint density at radius 2 is 2.07 bits per heavy atom. The highest BCUT2D eigenvalue weighted by Gasteiger charge is 2.45. The van der Waals surface area contributed by atoms with Gasteiger partial charge < -0.3 is 10.6 Å². The van der Waals surface area contributed by atoms with Crippen molar-refractivity contribution in [1.29, 1.82) is 0 Å². The quantitative estimate of drug-likeness (QED) is 0.567. The lowest BCUT2D eigenvalue weighted by molar-refractivity contribution is 0.367. The van der Waals surface area contributed by atoms with Crippen molar-refractivity contribution >= 4 is 5.96 Å². The predicted molar refractivity (Wildman–Crippen MR) is 63.8 cm³/mol. The van der Waals surface area contributed by atoms with Gasteiger partial charge in [0.15, 0.2) is 5.96 Å². The van der Waals surface area contributed by atoms with Crippen molar-refractivity contribution in [3.63, 3.8) is 0 Å². The molecule has 15 heavy (non-hydrogen) atoms. The van der Waals surface area contributed by atoms with E-state index in [0.717, 1.165) is 18.4 Å². The fraction of sp³-hybridized carbons (Fsp3) is 0.917. The molecule has 2 aliphatic carbocycles. The number of hydrogen-bond donors (Lipinski definition) is 1. The molecule has 0 amide bonds. The van der Waals surface area contributed by atoms with Gasteiger partial charge in [0.25, 0.3) is 0 Å². The zero-order valence-corrected chi connectivity index (χ0v) is 10.2. The van der Waals surface area contributed by atoms with Gasteiger partial charge in [0, 0.05) is 19.6 Å². The number of guanidine groups is 1. The Hall–Kier alpha value is -0.730. The van der Waals surface area contributed by atoms with Gasteiger partial charge in [-0.3, -0.25) is 4.99 Å². The minimum absolute atomic E-state index is 0.481. The van der Waals surface area contributed by atoms with Gasteiger partial charge in [-0.15, -0.1) is 0 Å². The summed E-state index contributed by atoms with van der Waals surface area (Å²) in [5, 5.41) is 0. The summed E-state index contributed by atoms with van der Waals surface area (Å²) in [6.45, 7) is 5.51. The van der Waals surface area contributed by atoms with Crippen LogP contribution in [0.5, 0.6) is 0 Å². The van der Waals surface area contributed by atoms with Crippen LogP contribution >= 0.6 is 0 Å². The summed E-state index contributed by atoms with van der Waals surface area (Å²) in [7, 11) is 2.06. The number of nitrogens with two attached hydrogens (primary N) is 1. The second-order valence-corrected chi connectivity index (χ2v) is 5.53. The molecule has 2 aliphatic rings. The Morgan fingerprint density at radius 1 is 1.47 bits per heavy atom. The number of nitrogens with zero attached hydrogens (tertiary/aromatic N) is 2. The predicted octanol–water partition coefficient (Wildman–Crippen LogP) is 1.83. The van der Waals surface area contributed by atoms with Crippen LogP contribution in [-0.2, 0) is 0 Å². The van der Waals surface area contributed by atoms with Crippen molar-refractivity contribution < 1.29 is 0 Å². The van der Waals surface area contributed by atoms with Crippen LogP contribution in [0.1, 0.15) is 39.5 Å². The van der Waals surface area contributed by atoms with Crippen molar-refractivity contribution in [2.24, 2.45) is 22.1 Å². The van der Waals surface area contributed by atoms with Crippen molar-refractivity contribution in [1.82, 2.24) is 4.90 Å². The third kappa shape index (κ3) is 2.27. The van der Waals surface area contributed by atoms with Crippen molar-refractivity contribution in [2.45, 2.75) is 45.6 Å². The lowest BCUT2D eigenvalue weighted by Gasteiger charge is -2.20. The van der Waals surface area contributed by atoms with Gasteiger partial charge in [0.05, 0.1) is 0 Å². The maximum absolute atomic E-state index is 5.97. The minimum atomic E-state index is 0.481. The molecule has 2 rings (SSSR count). The fourth-order valence-corrected chi connectivity index (χ4v) is 2.08. The van der Waals surface area contributed by atoms with Gasteiger partial charge in [0.1, 0.15) is 0 Å². The Morgan fingerprint density at radius 3 is 2.47 bits per heavy atom. The summed E-state index contributed by atoms with van der Waals surface area (Å²) in [4.78, 5) is 6.70. The first kappa shape index (κ1) is 10.8. The van der Waals surface area contributed by atoms with Gasteiger partial charge in [-0.05, 0) is 37.0 Å². The molecule has 2 saturated carbocycles. The Labute approximate surface area is 92.7 Å². The van der Waals surface area contributed by atoms with Gasteiger partial charge in [-0.25, -0.2) is 0 Å². The summed E-state index contributed by atoms with van der Waals surface area (Å²) in [5.74, 6) is 1.48. The molecule has 86 valence electrons. The van der Waals surface area contributed by atoms with E-state index in [9.17, 15) is 0 Å². The molecule has 0 unspecified atom stereocenters. The normalized spacial score (nSPS) is 24.4. The molecule has 3 heteroatoms. The second-order valence-electron chi connectivity index (χ2n) is 5.53. The lowest BCUT2D eigenvalue weighted by Crippen LogP contribution is -2.36. The molecule has 0 aromatic rings. The van der Waals surface area contributed by atoms with E-state index in [4.69, 9.17) is 5.73 Å². The summed E-state index contributed by atoms with van der Waals surface area (Å²) in [6, 6.07) is 0.669. The highest BCUT2D eigenvalue weighted by Crippen LogP contribution is 2.52. The van der Waals surface area contributed by atoms with Gasteiger partial charge in [0.2, 0.25) is 0 Å². The molecule has 0 saturated heterocycles. The van der Waals surface area contributed by atoms with E-state index in [1.54, 1.807) is 0 Å². The molecule has 0 bridgehead atoms. The molecule has 0 spiro atoms. The van der Waals surface area contributed by atoms with E-state index in [1.165, 1.54) is 25.7 Å². The van der Waals surface area contributed by atoms with Crippen LogP contribution in [0.4, 0.5) is 0 Å². The molecule has 0 aliphatic heterocycles. The number of aliphatic imine (C=N–C) groups is 1. The van der Waals surface area contributed by atoms with E-state index in [2.05, 4.69) is 30.8 Å². The van der Waals surface area contributed by atoms with Crippen molar-refractivity contribution in [3.05, 3.63) is 0 Å². The zero-order chi connectivity index (χ0) is 11.1. The van der Waals surface area contributed by atoms with E-state index in [-0.39, 0.29) is 0 Å². The van der Waals surface area contributed by atoms with Crippen LogP contribution in [0.3, 0.4) is 0 Å². The summed E-state index contributed by atoms with van der Waals surface area (Å²) < 4.78 is 0. The van der Waals surface area contributed by atoms with Crippen LogP contribution in [0.25, 0.3) is 0 Å². The molecule has 3 nitrogen and oxygen atoms in total. The Bertz CT molecular complexity index is 262. The molecule has 2 N–H and O–H groups in total. The largest absolute Gasteiger partial charge is 0.370 e. The third-order valence-electron chi connectivity index (χ3n) is 4.13. The molecule has 0 aromatic heterocycles. The highest BCUT2D eigenvalue weighted by atomic mass is 15.3. The summed E-state index contributed by atoms with van der Waals surface area (Å²) >= 11 is 0. The van der Waals surface area contributed by atoms with Crippen molar-refractivity contribution in [3.8, 4) is 0 Å². The number of rotatable bonds is 4. The maximum atomic E-state index is 5.97. The number of hydrogen-bond acceptors (Lipinski definition) is 1. The van der Waals surface area contributed by atoms with Crippen LogP contribution in [0.15, 0.2) is 4.99 Å². The smallest absolute Gasteiger partial charge is 0.191 e. The van der Waals surface area contributed by atoms with E-state index in [0.29, 0.717) is 11.5 Å². The van der Waals surface area contributed by atoms with Crippen molar-refractivity contribution in [2.75, 3.05) is 13.6 Å². The first-order chi connectivity index (χ1) is 7.05. The van der Waals surface area contributed by atoms with E-state index < -0.39 is 0 Å². The van der Waals surface area contributed by atoms with Crippen LogP contribution < -0.4 is 5.73 Å².